The van der Waals surface area contributed by atoms with Crippen LogP contribution >= 0.6 is 0 Å². The first-order valence-corrected chi connectivity index (χ1v) is 9.96. The van der Waals surface area contributed by atoms with Crippen LogP contribution in [0.4, 0.5) is 0 Å². The SMILES string of the molecule is C[C@]12[13CH2][13CH2][13C](=O)[13CH]=C1CC[C@@H]1[C@@H]2[C@@H](O)C[C@@]2(C)[C@H]1CC[C@]2(O)C(=O)CO. The van der Waals surface area contributed by atoms with E-state index in [1.54, 1.807) is 6.08 Å². The number of allylic oxidation sites excluding steroid dienone is 1. The lowest BCUT2D eigenvalue weighted by Gasteiger charge is -2.60. The molecule has 0 spiro atoms. The van der Waals surface area contributed by atoms with Crippen molar-refractivity contribution in [1.82, 2.24) is 0 Å². The third-order valence-electron chi connectivity index (χ3n) is 8.65. The molecule has 7 atom stereocenters. The number of rotatable bonds is 2. The average molecular weight is 366 g/mol. The van der Waals surface area contributed by atoms with Crippen molar-refractivity contribution in [3.05, 3.63) is 11.6 Å². The lowest BCUT2D eigenvalue weighted by Crippen LogP contribution is -2.62. The fourth-order valence-corrected chi connectivity index (χ4v) is 7.28. The van der Waals surface area contributed by atoms with E-state index in [0.717, 1.165) is 25.7 Å². The molecule has 5 nitrogen and oxygen atoms in total. The predicted octanol–water partition coefficient (Wildman–Crippen LogP) is 1.78. The van der Waals surface area contributed by atoms with Gasteiger partial charge in [0.25, 0.3) is 0 Å². The highest BCUT2D eigenvalue weighted by atomic mass is 16.3. The summed E-state index contributed by atoms with van der Waals surface area (Å²) in [4.78, 5) is 24.3. The van der Waals surface area contributed by atoms with Gasteiger partial charge in [-0.2, -0.15) is 0 Å². The van der Waals surface area contributed by atoms with E-state index in [9.17, 15) is 24.9 Å². The quantitative estimate of drug-likeness (QED) is 0.648. The molecule has 0 amide bonds. The molecule has 0 aliphatic heterocycles. The third-order valence-corrected chi connectivity index (χ3v) is 8.65. The van der Waals surface area contributed by atoms with E-state index in [0.29, 0.717) is 19.3 Å². The van der Waals surface area contributed by atoms with Gasteiger partial charge >= 0.3 is 0 Å². The first kappa shape index (κ1) is 18.3. The van der Waals surface area contributed by atoms with Gasteiger partial charge in [0.2, 0.25) is 0 Å². The molecular weight excluding hydrogens is 336 g/mol. The number of ketones is 2. The molecule has 0 heterocycles. The predicted molar refractivity (Wildman–Crippen MR) is 95.1 cm³/mol. The summed E-state index contributed by atoms with van der Waals surface area (Å²) in [5, 5.41) is 31.7. The summed E-state index contributed by atoms with van der Waals surface area (Å²) in [7, 11) is 0. The molecule has 4 aliphatic carbocycles. The van der Waals surface area contributed by atoms with Gasteiger partial charge in [-0.3, -0.25) is 9.59 Å². The normalized spacial score (nSPS) is 50.5. The number of hydrogen-bond acceptors (Lipinski definition) is 5. The largest absolute Gasteiger partial charge is 0.393 e. The van der Waals surface area contributed by atoms with Crippen molar-refractivity contribution in [2.24, 2.45) is 28.6 Å². The Bertz CT molecular complexity index is 684. The Kier molecular flexibility index (Phi) is 4.04. The van der Waals surface area contributed by atoms with Crippen LogP contribution in [0.15, 0.2) is 11.6 Å². The van der Waals surface area contributed by atoms with E-state index in [1.807, 2.05) is 6.92 Å². The van der Waals surface area contributed by atoms with E-state index in [1.165, 1.54) is 5.57 Å². The van der Waals surface area contributed by atoms with Crippen LogP contribution < -0.4 is 0 Å². The zero-order valence-corrected chi connectivity index (χ0v) is 15.7. The van der Waals surface area contributed by atoms with E-state index < -0.39 is 29.5 Å². The van der Waals surface area contributed by atoms with Gasteiger partial charge in [0.1, 0.15) is 12.2 Å². The number of carbonyl (C=O) groups is 2. The van der Waals surface area contributed by atoms with Gasteiger partial charge < -0.3 is 15.3 Å². The maximum absolute atomic E-state index is 12.4. The van der Waals surface area contributed by atoms with Crippen LogP contribution in [0.2, 0.25) is 0 Å². The molecule has 4 aliphatic rings. The minimum Gasteiger partial charge on any atom is -0.393 e. The molecule has 3 saturated carbocycles. The number of Topliss-reactive ketones (excluding diaryl/α,β-unsaturated/α-hetero) is 1. The van der Waals surface area contributed by atoms with E-state index in [4.69, 9.17) is 0 Å². The summed E-state index contributed by atoms with van der Waals surface area (Å²) in [6.45, 7) is 3.46. The number of carbonyl (C=O) groups excluding carboxylic acids is 2. The monoisotopic (exact) mass is 366 g/mol. The molecule has 0 saturated heterocycles. The molecule has 0 unspecified atom stereocenters. The maximum Gasteiger partial charge on any atom is 0.190 e. The Morgan fingerprint density at radius 1 is 1.23 bits per heavy atom. The molecule has 0 aromatic carbocycles. The van der Waals surface area contributed by atoms with Crippen LogP contribution in [0.25, 0.3) is 0 Å². The van der Waals surface area contributed by atoms with Crippen molar-refractivity contribution in [3.63, 3.8) is 0 Å². The summed E-state index contributed by atoms with van der Waals surface area (Å²) in [6, 6.07) is 0. The van der Waals surface area contributed by atoms with Crippen molar-refractivity contribution < 1.29 is 24.9 Å². The van der Waals surface area contributed by atoms with E-state index >= 15 is 0 Å². The van der Waals surface area contributed by atoms with Gasteiger partial charge in [0.05, 0.1) is 6.10 Å². The molecule has 144 valence electrons. The number of aliphatic hydroxyl groups is 3. The minimum atomic E-state index is -1.54. The molecule has 5 heteroatoms. The van der Waals surface area contributed by atoms with Crippen LogP contribution in [0.5, 0.6) is 0 Å². The van der Waals surface area contributed by atoms with Crippen molar-refractivity contribution >= 4 is 11.6 Å². The van der Waals surface area contributed by atoms with Crippen LogP contribution in [0.1, 0.15) is 58.8 Å². The van der Waals surface area contributed by atoms with Crippen molar-refractivity contribution in [3.8, 4) is 0 Å². The standard InChI is InChI=1S/C21H30O5/c1-19-7-5-13(23)9-12(19)3-4-14-15-6-8-21(26,17(25)11-22)20(15,2)10-16(24)18(14)19/h9,14-16,18,22,24,26H,3-8,10-11H2,1-2H3/t14-,15-,16-,18+,19-,20-,21-/m0/s1/i5+1,7+1,9+1,13+1. The summed E-state index contributed by atoms with van der Waals surface area (Å²) in [5.41, 5.74) is -1.23. The van der Waals surface area contributed by atoms with Gasteiger partial charge in [-0.05, 0) is 67.8 Å². The smallest absolute Gasteiger partial charge is 0.190 e. The summed E-state index contributed by atoms with van der Waals surface area (Å²) < 4.78 is 0. The van der Waals surface area contributed by atoms with Crippen molar-refractivity contribution in [1.29, 1.82) is 0 Å². The Hall–Kier alpha value is -1.04. The van der Waals surface area contributed by atoms with Gasteiger partial charge in [-0.25, -0.2) is 0 Å². The molecule has 3 fully saturated rings. The molecule has 0 bridgehead atoms. The summed E-state index contributed by atoms with van der Waals surface area (Å²) >= 11 is 0. The fourth-order valence-electron chi connectivity index (χ4n) is 7.28. The molecular formula is C21H30O5. The Labute approximate surface area is 154 Å². The Balaban J connectivity index is 1.74. The average Bonchev–Trinajstić information content (AvgIpc) is 2.86. The van der Waals surface area contributed by atoms with Gasteiger partial charge in [-0.1, -0.05) is 19.4 Å². The van der Waals surface area contributed by atoms with Gasteiger partial charge in [0.15, 0.2) is 11.6 Å². The molecule has 4 rings (SSSR count). The second-order valence-corrected chi connectivity index (χ2v) is 9.56. The summed E-state index contributed by atoms with van der Waals surface area (Å²) in [5.74, 6) is 0.140. The minimum absolute atomic E-state index is 0.0697. The molecule has 0 aromatic rings. The first-order valence-electron chi connectivity index (χ1n) is 9.96. The van der Waals surface area contributed by atoms with E-state index in [2.05, 4.69) is 6.92 Å². The van der Waals surface area contributed by atoms with Gasteiger partial charge in [-0.15, -0.1) is 0 Å². The highest BCUT2D eigenvalue weighted by Crippen LogP contribution is 2.67. The second-order valence-electron chi connectivity index (χ2n) is 9.56. The lowest BCUT2D eigenvalue weighted by atomic mass is 9.48. The number of aliphatic hydroxyl groups excluding tert-OH is 2. The Morgan fingerprint density at radius 3 is 2.65 bits per heavy atom. The Morgan fingerprint density at radius 2 is 1.96 bits per heavy atom. The van der Waals surface area contributed by atoms with Crippen molar-refractivity contribution in [2.45, 2.75) is 70.5 Å². The van der Waals surface area contributed by atoms with Crippen LogP contribution in [0.3, 0.4) is 0 Å². The van der Waals surface area contributed by atoms with Crippen LogP contribution in [-0.4, -0.2) is 45.2 Å². The third kappa shape index (κ3) is 2.14. The highest BCUT2D eigenvalue weighted by Gasteiger charge is 2.68. The zero-order valence-electron chi connectivity index (χ0n) is 15.7. The lowest BCUT2D eigenvalue weighted by molar-refractivity contribution is -0.182. The zero-order chi connectivity index (χ0) is 18.9. The highest BCUT2D eigenvalue weighted by molar-refractivity contribution is 5.91. The maximum atomic E-state index is 12.4. The van der Waals surface area contributed by atoms with Crippen LogP contribution in [0, 0.1) is 28.6 Å². The first-order chi connectivity index (χ1) is 12.2. The van der Waals surface area contributed by atoms with Gasteiger partial charge in [0, 0.05) is 11.8 Å². The second kappa shape index (κ2) is 5.73. The number of hydrogen-bond donors (Lipinski definition) is 3. The topological polar surface area (TPSA) is 94.8 Å². The van der Waals surface area contributed by atoms with Crippen LogP contribution in [-0.2, 0) is 9.59 Å². The molecule has 0 radical (unpaired) electrons. The number of fused-ring (bicyclic) bond motifs is 5. The van der Waals surface area contributed by atoms with E-state index in [-0.39, 0.29) is 29.0 Å². The molecule has 26 heavy (non-hydrogen) atoms. The molecule has 0 aromatic heterocycles. The fraction of sp³-hybridized carbons (Fsp3) is 0.810. The van der Waals surface area contributed by atoms with Crippen molar-refractivity contribution in [2.75, 3.05) is 6.61 Å². The summed E-state index contributed by atoms with van der Waals surface area (Å²) in [6.07, 6.45) is 5.74. The molecule has 3 N–H and O–H groups in total.